The van der Waals surface area contributed by atoms with E-state index in [0.29, 0.717) is 35.0 Å². The zero-order chi connectivity index (χ0) is 16.9. The van der Waals surface area contributed by atoms with Gasteiger partial charge in [-0.3, -0.25) is 4.79 Å². The second-order valence-electron chi connectivity index (χ2n) is 4.94. The zero-order valence-electron chi connectivity index (χ0n) is 12.9. The molecule has 126 valence electrons. The highest BCUT2D eigenvalue weighted by Gasteiger charge is 2.18. The Balaban J connectivity index is 1.47. The third-order valence-electron chi connectivity index (χ3n) is 3.34. The molecule has 0 spiro atoms. The SMILES string of the molecule is CCc1nnsc1C(=O)OCC(=O)NCc1ccc2c(c1)OCO2. The predicted octanol–water partition coefficient (Wildman–Crippen LogP) is 1.30. The summed E-state index contributed by atoms with van der Waals surface area (Å²) < 4.78 is 19.2. The van der Waals surface area contributed by atoms with Crippen molar-refractivity contribution in [2.24, 2.45) is 0 Å². The van der Waals surface area contributed by atoms with E-state index in [0.717, 1.165) is 17.1 Å². The van der Waals surface area contributed by atoms with Gasteiger partial charge in [-0.25, -0.2) is 4.79 Å². The van der Waals surface area contributed by atoms with E-state index < -0.39 is 11.9 Å². The molecule has 1 aromatic heterocycles. The Labute approximate surface area is 141 Å². The number of fused-ring (bicyclic) bond motifs is 1. The lowest BCUT2D eigenvalue weighted by atomic mass is 10.2. The van der Waals surface area contributed by atoms with Gasteiger partial charge in [0.2, 0.25) is 6.79 Å². The smallest absolute Gasteiger partial charge is 0.352 e. The number of carbonyl (C=O) groups is 2. The third-order valence-corrected chi connectivity index (χ3v) is 4.09. The van der Waals surface area contributed by atoms with Gasteiger partial charge in [0.1, 0.15) is 0 Å². The lowest BCUT2D eigenvalue weighted by Crippen LogP contribution is -2.28. The number of hydrogen-bond acceptors (Lipinski definition) is 8. The second-order valence-corrected chi connectivity index (χ2v) is 5.70. The van der Waals surface area contributed by atoms with Gasteiger partial charge in [0.15, 0.2) is 23.0 Å². The molecule has 0 saturated heterocycles. The van der Waals surface area contributed by atoms with E-state index >= 15 is 0 Å². The van der Waals surface area contributed by atoms with Gasteiger partial charge in [0.05, 0.1) is 5.69 Å². The van der Waals surface area contributed by atoms with Crippen molar-refractivity contribution >= 4 is 23.4 Å². The van der Waals surface area contributed by atoms with Crippen molar-refractivity contribution in [1.82, 2.24) is 14.9 Å². The summed E-state index contributed by atoms with van der Waals surface area (Å²) in [5.74, 6) is 0.360. The fraction of sp³-hybridized carbons (Fsp3) is 0.333. The van der Waals surface area contributed by atoms with E-state index in [4.69, 9.17) is 14.2 Å². The number of ether oxygens (including phenoxy) is 3. The molecule has 0 saturated carbocycles. The fourth-order valence-electron chi connectivity index (χ4n) is 2.09. The first kappa shape index (κ1) is 16.2. The van der Waals surface area contributed by atoms with Gasteiger partial charge >= 0.3 is 5.97 Å². The van der Waals surface area contributed by atoms with E-state index in [1.54, 1.807) is 12.1 Å². The molecule has 2 heterocycles. The number of rotatable bonds is 6. The molecule has 1 aliphatic heterocycles. The van der Waals surface area contributed by atoms with Crippen molar-refractivity contribution in [3.63, 3.8) is 0 Å². The summed E-state index contributed by atoms with van der Waals surface area (Å²) in [7, 11) is 0. The van der Waals surface area contributed by atoms with Crippen LogP contribution in [-0.4, -0.2) is 34.9 Å². The molecule has 1 aliphatic rings. The van der Waals surface area contributed by atoms with Crippen molar-refractivity contribution in [2.75, 3.05) is 13.4 Å². The summed E-state index contributed by atoms with van der Waals surface area (Å²) in [6, 6.07) is 5.41. The molecule has 2 aromatic rings. The van der Waals surface area contributed by atoms with E-state index in [1.165, 1.54) is 0 Å². The maximum Gasteiger partial charge on any atom is 0.352 e. The van der Waals surface area contributed by atoms with Crippen molar-refractivity contribution < 1.29 is 23.8 Å². The fourth-order valence-corrected chi connectivity index (χ4v) is 2.74. The Hall–Kier alpha value is -2.68. The highest BCUT2D eigenvalue weighted by atomic mass is 32.1. The van der Waals surface area contributed by atoms with Crippen molar-refractivity contribution in [3.05, 3.63) is 34.3 Å². The van der Waals surface area contributed by atoms with Crippen LogP contribution in [0.3, 0.4) is 0 Å². The largest absolute Gasteiger partial charge is 0.454 e. The Bertz CT molecular complexity index is 761. The molecular weight excluding hydrogens is 334 g/mol. The summed E-state index contributed by atoms with van der Waals surface area (Å²) in [5.41, 5.74) is 1.43. The zero-order valence-corrected chi connectivity index (χ0v) is 13.7. The Morgan fingerprint density at radius 3 is 3.00 bits per heavy atom. The van der Waals surface area contributed by atoms with Crippen molar-refractivity contribution in [3.8, 4) is 11.5 Å². The summed E-state index contributed by atoms with van der Waals surface area (Å²) >= 11 is 0.962. The summed E-state index contributed by atoms with van der Waals surface area (Å²) in [6.07, 6.45) is 0.581. The molecule has 1 N–H and O–H groups in total. The molecule has 0 bridgehead atoms. The Kier molecular flexibility index (Phi) is 4.90. The number of amides is 1. The average molecular weight is 349 g/mol. The number of aromatic nitrogens is 2. The normalized spacial score (nSPS) is 12.0. The topological polar surface area (TPSA) is 99.6 Å². The van der Waals surface area contributed by atoms with Gasteiger partial charge in [-0.2, -0.15) is 0 Å². The molecule has 3 rings (SSSR count). The highest BCUT2D eigenvalue weighted by molar-refractivity contribution is 7.07. The van der Waals surface area contributed by atoms with Crippen LogP contribution in [0.4, 0.5) is 0 Å². The minimum atomic E-state index is -0.583. The second kappa shape index (κ2) is 7.26. The number of benzene rings is 1. The van der Waals surface area contributed by atoms with E-state index in [9.17, 15) is 9.59 Å². The molecule has 24 heavy (non-hydrogen) atoms. The first-order valence-corrected chi connectivity index (χ1v) is 8.08. The van der Waals surface area contributed by atoms with Crippen LogP contribution >= 0.6 is 11.5 Å². The van der Waals surface area contributed by atoms with Crippen molar-refractivity contribution in [1.29, 1.82) is 0 Å². The van der Waals surface area contributed by atoms with E-state index in [-0.39, 0.29) is 13.4 Å². The van der Waals surface area contributed by atoms with Gasteiger partial charge in [-0.05, 0) is 35.6 Å². The van der Waals surface area contributed by atoms with Crippen molar-refractivity contribution in [2.45, 2.75) is 19.9 Å². The van der Waals surface area contributed by atoms with Gasteiger partial charge in [-0.15, -0.1) is 5.10 Å². The molecule has 8 nitrogen and oxygen atoms in total. The minimum Gasteiger partial charge on any atom is -0.454 e. The number of nitrogens with one attached hydrogen (secondary N) is 1. The molecule has 1 amide bonds. The first-order valence-electron chi connectivity index (χ1n) is 7.31. The van der Waals surface area contributed by atoms with Crippen LogP contribution in [0.15, 0.2) is 18.2 Å². The first-order chi connectivity index (χ1) is 11.7. The van der Waals surface area contributed by atoms with Crippen LogP contribution < -0.4 is 14.8 Å². The van der Waals surface area contributed by atoms with E-state index in [2.05, 4.69) is 14.9 Å². The van der Waals surface area contributed by atoms with Crippen LogP contribution in [0, 0.1) is 0 Å². The Morgan fingerprint density at radius 1 is 1.33 bits per heavy atom. The lowest BCUT2D eigenvalue weighted by molar-refractivity contribution is -0.124. The molecule has 1 aromatic carbocycles. The maximum absolute atomic E-state index is 11.9. The molecule has 0 radical (unpaired) electrons. The third kappa shape index (κ3) is 3.62. The Morgan fingerprint density at radius 2 is 2.17 bits per heavy atom. The van der Waals surface area contributed by atoms with Gasteiger partial charge in [0, 0.05) is 6.54 Å². The van der Waals surface area contributed by atoms with Crippen LogP contribution in [-0.2, 0) is 22.5 Å². The molecule has 0 unspecified atom stereocenters. The molecule has 0 fully saturated rings. The summed E-state index contributed by atoms with van der Waals surface area (Å²) in [5, 5.41) is 6.51. The molecule has 9 heteroatoms. The van der Waals surface area contributed by atoms with Gasteiger partial charge in [-0.1, -0.05) is 17.5 Å². The minimum absolute atomic E-state index is 0.202. The number of hydrogen-bond donors (Lipinski definition) is 1. The van der Waals surface area contributed by atoms with Gasteiger partial charge < -0.3 is 19.5 Å². The summed E-state index contributed by atoms with van der Waals surface area (Å²) in [6.45, 7) is 2.01. The average Bonchev–Trinajstić information content (AvgIpc) is 3.25. The molecule has 0 atom stereocenters. The number of aryl methyl sites for hydroxylation is 1. The van der Waals surface area contributed by atoms with Crippen LogP contribution in [0.1, 0.15) is 27.9 Å². The number of carbonyl (C=O) groups excluding carboxylic acids is 2. The van der Waals surface area contributed by atoms with Gasteiger partial charge in [0.25, 0.3) is 5.91 Å². The lowest BCUT2D eigenvalue weighted by Gasteiger charge is -2.07. The van der Waals surface area contributed by atoms with Crippen LogP contribution in [0.25, 0.3) is 0 Å². The standard InChI is InChI=1S/C15H15N3O5S/c1-2-10-14(24-18-17-10)15(20)21-7-13(19)16-6-9-3-4-11-12(5-9)23-8-22-11/h3-5H,2,6-8H2,1H3,(H,16,19). The number of nitrogens with zero attached hydrogens (tertiary/aromatic N) is 2. The number of esters is 1. The monoisotopic (exact) mass is 349 g/mol. The highest BCUT2D eigenvalue weighted by Crippen LogP contribution is 2.32. The van der Waals surface area contributed by atoms with Crippen LogP contribution in [0.5, 0.6) is 11.5 Å². The molecule has 0 aliphatic carbocycles. The maximum atomic E-state index is 11.9. The molecular formula is C15H15N3O5S. The quantitative estimate of drug-likeness (QED) is 0.785. The van der Waals surface area contributed by atoms with E-state index in [1.807, 2.05) is 13.0 Å². The van der Waals surface area contributed by atoms with Crippen LogP contribution in [0.2, 0.25) is 0 Å². The predicted molar refractivity (Wildman–Crippen MR) is 84.0 cm³/mol. The summed E-state index contributed by atoms with van der Waals surface area (Å²) in [4.78, 5) is 24.0.